The van der Waals surface area contributed by atoms with Crippen LogP contribution in [0.15, 0.2) is 6.20 Å². The van der Waals surface area contributed by atoms with E-state index >= 15 is 0 Å². The van der Waals surface area contributed by atoms with Crippen LogP contribution < -0.4 is 0 Å². The van der Waals surface area contributed by atoms with Gasteiger partial charge in [0.15, 0.2) is 0 Å². The maximum absolute atomic E-state index is 4.50. The number of rotatable bonds is 4. The topological polar surface area (TPSA) is 12.9 Å². The lowest BCUT2D eigenvalue weighted by atomic mass is 10.1. The Kier molecular flexibility index (Phi) is 2.68. The molecule has 72 valence electrons. The highest BCUT2D eigenvalue weighted by atomic mass is 32.1. The van der Waals surface area contributed by atoms with Gasteiger partial charge in [0.25, 0.3) is 0 Å². The summed E-state index contributed by atoms with van der Waals surface area (Å²) in [5.74, 6) is 1.54. The molecular weight excluding hydrogens is 178 g/mol. The third-order valence-corrected chi connectivity index (χ3v) is 4.07. The van der Waals surface area contributed by atoms with E-state index in [9.17, 15) is 0 Å². The van der Waals surface area contributed by atoms with E-state index in [1.807, 2.05) is 11.3 Å². The number of hydrogen-bond donors (Lipinski definition) is 0. The Morgan fingerprint density at radius 1 is 1.62 bits per heavy atom. The molecule has 0 aromatic carbocycles. The van der Waals surface area contributed by atoms with E-state index in [2.05, 4.69) is 25.0 Å². The summed E-state index contributed by atoms with van der Waals surface area (Å²) in [7, 11) is 0. The van der Waals surface area contributed by atoms with Crippen molar-refractivity contribution in [3.8, 4) is 0 Å². The maximum atomic E-state index is 4.50. The van der Waals surface area contributed by atoms with Crippen LogP contribution in [0.1, 0.15) is 61.3 Å². The Morgan fingerprint density at radius 2 is 2.38 bits per heavy atom. The van der Waals surface area contributed by atoms with Crippen LogP contribution in [0.25, 0.3) is 0 Å². The lowest BCUT2D eigenvalue weighted by Gasteiger charge is -2.04. The van der Waals surface area contributed by atoms with E-state index in [0.717, 1.165) is 11.8 Å². The van der Waals surface area contributed by atoms with Gasteiger partial charge in [-0.15, -0.1) is 11.3 Å². The molecule has 1 aliphatic carbocycles. The van der Waals surface area contributed by atoms with Crippen molar-refractivity contribution in [2.24, 2.45) is 0 Å². The fourth-order valence-corrected chi connectivity index (χ4v) is 2.80. The highest BCUT2D eigenvalue weighted by Crippen LogP contribution is 2.43. The van der Waals surface area contributed by atoms with Crippen LogP contribution >= 0.6 is 11.3 Å². The van der Waals surface area contributed by atoms with E-state index in [-0.39, 0.29) is 0 Å². The summed E-state index contributed by atoms with van der Waals surface area (Å²) in [6.07, 6.45) is 7.41. The second-order valence-electron chi connectivity index (χ2n) is 4.06. The predicted octanol–water partition coefficient (Wildman–Crippen LogP) is 3.92. The smallest absolute Gasteiger partial charge is 0.0958 e. The minimum Gasteiger partial charge on any atom is -0.249 e. The van der Waals surface area contributed by atoms with Gasteiger partial charge in [0, 0.05) is 17.0 Å². The van der Waals surface area contributed by atoms with Crippen LogP contribution in [0.2, 0.25) is 0 Å². The second kappa shape index (κ2) is 3.79. The first kappa shape index (κ1) is 9.20. The molecule has 0 amide bonds. The number of nitrogens with zero attached hydrogens (tertiary/aromatic N) is 1. The van der Waals surface area contributed by atoms with Crippen molar-refractivity contribution in [1.29, 1.82) is 0 Å². The first-order valence-electron chi connectivity index (χ1n) is 5.27. The third-order valence-electron chi connectivity index (χ3n) is 2.68. The average molecular weight is 195 g/mol. The molecule has 0 aliphatic heterocycles. The molecule has 1 saturated carbocycles. The normalized spacial score (nSPS) is 18.9. The van der Waals surface area contributed by atoms with Crippen LogP contribution in [-0.4, -0.2) is 4.98 Å². The van der Waals surface area contributed by atoms with Gasteiger partial charge < -0.3 is 0 Å². The van der Waals surface area contributed by atoms with Crippen molar-refractivity contribution in [2.75, 3.05) is 0 Å². The summed E-state index contributed by atoms with van der Waals surface area (Å²) in [5, 5.41) is 1.39. The van der Waals surface area contributed by atoms with Crippen LogP contribution in [0, 0.1) is 0 Å². The molecule has 0 radical (unpaired) electrons. The predicted molar refractivity (Wildman–Crippen MR) is 57.4 cm³/mol. The van der Waals surface area contributed by atoms with Gasteiger partial charge in [-0.1, -0.05) is 20.3 Å². The molecule has 0 spiro atoms. The van der Waals surface area contributed by atoms with Gasteiger partial charge in [-0.3, -0.25) is 0 Å². The van der Waals surface area contributed by atoms with E-state index in [1.165, 1.54) is 35.6 Å². The monoisotopic (exact) mass is 195 g/mol. The Labute approximate surface area is 84.2 Å². The Bertz CT molecular complexity index is 275. The van der Waals surface area contributed by atoms with Crippen LogP contribution in [0.5, 0.6) is 0 Å². The first-order valence-corrected chi connectivity index (χ1v) is 6.08. The Morgan fingerprint density at radius 3 is 3.00 bits per heavy atom. The molecule has 2 rings (SSSR count). The summed E-state index contributed by atoms with van der Waals surface area (Å²) in [6, 6.07) is 0. The molecule has 1 aliphatic rings. The van der Waals surface area contributed by atoms with Crippen LogP contribution in [0.4, 0.5) is 0 Å². The Balaban J connectivity index is 2.03. The lowest BCUT2D eigenvalue weighted by Crippen LogP contribution is -1.87. The summed E-state index contributed by atoms with van der Waals surface area (Å²) < 4.78 is 0. The molecule has 13 heavy (non-hydrogen) atoms. The largest absolute Gasteiger partial charge is 0.249 e. The van der Waals surface area contributed by atoms with Gasteiger partial charge >= 0.3 is 0 Å². The van der Waals surface area contributed by atoms with Crippen molar-refractivity contribution in [2.45, 2.75) is 51.4 Å². The quantitative estimate of drug-likeness (QED) is 0.709. The van der Waals surface area contributed by atoms with Crippen molar-refractivity contribution >= 4 is 11.3 Å². The van der Waals surface area contributed by atoms with Gasteiger partial charge in [-0.25, -0.2) is 4.98 Å². The SMILES string of the molecule is CCCC(C)c1cnc(C2CC2)s1. The number of hydrogen-bond acceptors (Lipinski definition) is 2. The van der Waals surface area contributed by atoms with E-state index in [1.54, 1.807) is 0 Å². The lowest BCUT2D eigenvalue weighted by molar-refractivity contribution is 0.674. The van der Waals surface area contributed by atoms with Crippen molar-refractivity contribution in [1.82, 2.24) is 4.98 Å². The zero-order valence-electron chi connectivity index (χ0n) is 8.42. The number of aromatic nitrogens is 1. The van der Waals surface area contributed by atoms with Crippen LogP contribution in [-0.2, 0) is 0 Å². The molecule has 1 aromatic rings. The summed E-state index contributed by atoms with van der Waals surface area (Å²) in [4.78, 5) is 5.99. The molecule has 0 N–H and O–H groups in total. The molecule has 0 saturated heterocycles. The van der Waals surface area contributed by atoms with Gasteiger partial charge in [0.2, 0.25) is 0 Å². The minimum absolute atomic E-state index is 0.718. The van der Waals surface area contributed by atoms with Gasteiger partial charge in [0.05, 0.1) is 5.01 Å². The minimum atomic E-state index is 0.718. The average Bonchev–Trinajstić information content (AvgIpc) is 2.84. The summed E-state index contributed by atoms with van der Waals surface area (Å²) >= 11 is 1.94. The zero-order chi connectivity index (χ0) is 9.26. The highest BCUT2D eigenvalue weighted by molar-refractivity contribution is 7.11. The molecule has 2 heteroatoms. The van der Waals surface area contributed by atoms with E-state index < -0.39 is 0 Å². The standard InChI is InChI=1S/C11H17NS/c1-3-4-8(2)10-7-12-11(13-10)9-5-6-9/h7-9H,3-6H2,1-2H3. The summed E-state index contributed by atoms with van der Waals surface area (Å²) in [6.45, 7) is 4.56. The molecule has 1 atom stereocenters. The van der Waals surface area contributed by atoms with Gasteiger partial charge in [-0.05, 0) is 25.2 Å². The Hall–Kier alpha value is -0.370. The molecule has 1 fully saturated rings. The highest BCUT2D eigenvalue weighted by Gasteiger charge is 2.27. The molecular formula is C11H17NS. The van der Waals surface area contributed by atoms with Crippen LogP contribution in [0.3, 0.4) is 0 Å². The molecule has 0 bridgehead atoms. The van der Waals surface area contributed by atoms with E-state index in [4.69, 9.17) is 0 Å². The second-order valence-corrected chi connectivity index (χ2v) is 5.16. The van der Waals surface area contributed by atoms with Gasteiger partial charge in [-0.2, -0.15) is 0 Å². The molecule has 1 heterocycles. The van der Waals surface area contributed by atoms with Crippen molar-refractivity contribution in [3.63, 3.8) is 0 Å². The zero-order valence-corrected chi connectivity index (χ0v) is 9.23. The van der Waals surface area contributed by atoms with Crippen molar-refractivity contribution < 1.29 is 0 Å². The molecule has 1 unspecified atom stereocenters. The van der Waals surface area contributed by atoms with E-state index in [0.29, 0.717) is 0 Å². The molecule has 1 aromatic heterocycles. The summed E-state index contributed by atoms with van der Waals surface area (Å²) in [5.41, 5.74) is 0. The number of thiazole rings is 1. The fourth-order valence-electron chi connectivity index (χ4n) is 1.62. The first-order chi connectivity index (χ1) is 6.31. The maximum Gasteiger partial charge on any atom is 0.0958 e. The molecule has 1 nitrogen and oxygen atoms in total. The fraction of sp³-hybridized carbons (Fsp3) is 0.727. The van der Waals surface area contributed by atoms with Crippen molar-refractivity contribution in [3.05, 3.63) is 16.1 Å². The third kappa shape index (κ3) is 2.11. The van der Waals surface area contributed by atoms with Gasteiger partial charge in [0.1, 0.15) is 0 Å².